The largest absolute Gasteiger partial charge is 0.460 e. The molecule has 0 N–H and O–H groups in total. The Kier molecular flexibility index (Phi) is 7.11. The SMILES string of the molecule is CC(=O)Oc1cc(OC(C)=O)c(C(C)=O)c(OC2OCCCC2OC(C)=O)c1. The van der Waals surface area contributed by atoms with Crippen LogP contribution in [-0.4, -0.2) is 42.7 Å². The third kappa shape index (κ3) is 5.78. The third-order valence-corrected chi connectivity index (χ3v) is 3.69. The highest BCUT2D eigenvalue weighted by Gasteiger charge is 2.32. The van der Waals surface area contributed by atoms with Gasteiger partial charge in [-0.15, -0.1) is 0 Å². The van der Waals surface area contributed by atoms with Gasteiger partial charge in [-0.25, -0.2) is 0 Å². The molecule has 2 unspecified atom stereocenters. The van der Waals surface area contributed by atoms with Crippen molar-refractivity contribution in [3.8, 4) is 17.2 Å². The summed E-state index contributed by atoms with van der Waals surface area (Å²) in [5.74, 6) is -2.34. The number of ether oxygens (including phenoxy) is 5. The van der Waals surface area contributed by atoms with Gasteiger partial charge < -0.3 is 23.7 Å². The summed E-state index contributed by atoms with van der Waals surface area (Å²) >= 11 is 0. The summed E-state index contributed by atoms with van der Waals surface area (Å²) < 4.78 is 26.7. The Morgan fingerprint density at radius 3 is 2.14 bits per heavy atom. The minimum absolute atomic E-state index is 0.0172. The van der Waals surface area contributed by atoms with Crippen LogP contribution in [0.4, 0.5) is 0 Å². The molecule has 152 valence electrons. The van der Waals surface area contributed by atoms with Crippen molar-refractivity contribution in [1.82, 2.24) is 0 Å². The summed E-state index contributed by atoms with van der Waals surface area (Å²) in [6, 6.07) is 2.56. The Morgan fingerprint density at radius 2 is 1.57 bits per heavy atom. The van der Waals surface area contributed by atoms with E-state index in [2.05, 4.69) is 0 Å². The molecule has 1 heterocycles. The highest BCUT2D eigenvalue weighted by molar-refractivity contribution is 6.00. The lowest BCUT2D eigenvalue weighted by atomic mass is 10.1. The zero-order valence-electron chi connectivity index (χ0n) is 16.1. The maximum absolute atomic E-state index is 12.2. The predicted octanol–water partition coefficient (Wildman–Crippen LogP) is 2.19. The van der Waals surface area contributed by atoms with E-state index in [-0.39, 0.29) is 22.8 Å². The number of hydrogen-bond donors (Lipinski definition) is 0. The maximum atomic E-state index is 12.2. The topological polar surface area (TPSA) is 114 Å². The van der Waals surface area contributed by atoms with E-state index in [4.69, 9.17) is 23.7 Å². The molecule has 1 aromatic carbocycles. The number of carbonyl (C=O) groups excluding carboxylic acids is 4. The maximum Gasteiger partial charge on any atom is 0.308 e. The van der Waals surface area contributed by atoms with E-state index in [9.17, 15) is 19.2 Å². The lowest BCUT2D eigenvalue weighted by Crippen LogP contribution is -2.41. The Labute approximate surface area is 161 Å². The zero-order valence-corrected chi connectivity index (χ0v) is 16.1. The first kappa shape index (κ1) is 21.4. The molecule has 2 atom stereocenters. The number of esters is 3. The number of hydrogen-bond acceptors (Lipinski definition) is 9. The molecule has 1 aliphatic rings. The van der Waals surface area contributed by atoms with Gasteiger partial charge in [0.15, 0.2) is 11.9 Å². The average molecular weight is 394 g/mol. The molecule has 0 aliphatic carbocycles. The van der Waals surface area contributed by atoms with Gasteiger partial charge in [0.25, 0.3) is 0 Å². The van der Waals surface area contributed by atoms with Gasteiger partial charge in [-0.05, 0) is 19.8 Å². The average Bonchev–Trinajstić information content (AvgIpc) is 2.54. The van der Waals surface area contributed by atoms with E-state index < -0.39 is 36.1 Å². The number of rotatable bonds is 6. The van der Waals surface area contributed by atoms with Crippen molar-refractivity contribution in [2.24, 2.45) is 0 Å². The smallest absolute Gasteiger partial charge is 0.308 e. The monoisotopic (exact) mass is 394 g/mol. The summed E-state index contributed by atoms with van der Waals surface area (Å²) in [5, 5.41) is 0. The third-order valence-electron chi connectivity index (χ3n) is 3.69. The summed E-state index contributed by atoms with van der Waals surface area (Å²) in [7, 11) is 0. The van der Waals surface area contributed by atoms with E-state index >= 15 is 0 Å². The molecule has 1 aromatic rings. The molecule has 2 rings (SSSR count). The first-order valence-electron chi connectivity index (χ1n) is 8.68. The van der Waals surface area contributed by atoms with Crippen LogP contribution in [0.1, 0.15) is 50.9 Å². The molecular formula is C19H22O9. The van der Waals surface area contributed by atoms with Gasteiger partial charge in [0.2, 0.25) is 6.29 Å². The summed E-state index contributed by atoms with van der Waals surface area (Å²) in [6.07, 6.45) is -0.474. The molecule has 9 nitrogen and oxygen atoms in total. The van der Waals surface area contributed by atoms with E-state index in [0.29, 0.717) is 19.4 Å². The van der Waals surface area contributed by atoms with E-state index in [0.717, 1.165) is 0 Å². The van der Waals surface area contributed by atoms with Crippen LogP contribution in [-0.2, 0) is 23.9 Å². The fourth-order valence-corrected chi connectivity index (χ4v) is 2.76. The predicted molar refractivity (Wildman–Crippen MR) is 94.2 cm³/mol. The summed E-state index contributed by atoms with van der Waals surface area (Å²) in [5.41, 5.74) is -0.0261. The molecule has 0 saturated carbocycles. The molecule has 0 radical (unpaired) electrons. The summed E-state index contributed by atoms with van der Waals surface area (Å²) in [6.45, 7) is 5.28. The Morgan fingerprint density at radius 1 is 0.929 bits per heavy atom. The Hall–Kier alpha value is -2.94. The van der Waals surface area contributed by atoms with Gasteiger partial charge in [0.05, 0.1) is 6.61 Å². The van der Waals surface area contributed by atoms with Gasteiger partial charge in [0, 0.05) is 32.9 Å². The van der Waals surface area contributed by atoms with Crippen LogP contribution in [0.15, 0.2) is 12.1 Å². The Balaban J connectivity index is 2.46. The van der Waals surface area contributed by atoms with Gasteiger partial charge in [-0.3, -0.25) is 19.2 Å². The number of ketones is 1. The highest BCUT2D eigenvalue weighted by atomic mass is 16.7. The van der Waals surface area contributed by atoms with Gasteiger partial charge in [0.1, 0.15) is 22.8 Å². The molecule has 1 aliphatic heterocycles. The Bertz CT molecular complexity index is 784. The van der Waals surface area contributed by atoms with Crippen LogP contribution in [0, 0.1) is 0 Å². The van der Waals surface area contributed by atoms with E-state index in [1.807, 2.05) is 0 Å². The lowest BCUT2D eigenvalue weighted by Gasteiger charge is -2.31. The molecule has 0 bridgehead atoms. The summed E-state index contributed by atoms with van der Waals surface area (Å²) in [4.78, 5) is 46.3. The lowest BCUT2D eigenvalue weighted by molar-refractivity contribution is -0.195. The molecule has 0 aromatic heterocycles. The molecule has 1 fully saturated rings. The first-order valence-corrected chi connectivity index (χ1v) is 8.68. The minimum Gasteiger partial charge on any atom is -0.460 e. The molecule has 0 spiro atoms. The van der Waals surface area contributed by atoms with Gasteiger partial charge in [-0.2, -0.15) is 0 Å². The van der Waals surface area contributed by atoms with Crippen molar-refractivity contribution in [3.05, 3.63) is 17.7 Å². The second-order valence-electron chi connectivity index (χ2n) is 6.19. The fraction of sp³-hybridized carbons (Fsp3) is 0.474. The van der Waals surface area contributed by atoms with E-state index in [1.54, 1.807) is 0 Å². The highest BCUT2D eigenvalue weighted by Crippen LogP contribution is 2.36. The molecule has 1 saturated heterocycles. The van der Waals surface area contributed by atoms with Crippen molar-refractivity contribution in [1.29, 1.82) is 0 Å². The van der Waals surface area contributed by atoms with Gasteiger partial charge in [-0.1, -0.05) is 0 Å². The quantitative estimate of drug-likeness (QED) is 0.407. The zero-order chi connectivity index (χ0) is 20.8. The number of carbonyl (C=O) groups is 4. The van der Waals surface area contributed by atoms with Crippen molar-refractivity contribution in [2.45, 2.75) is 52.9 Å². The first-order chi connectivity index (χ1) is 13.2. The number of benzene rings is 1. The standard InChI is InChI=1S/C19H22O9/c1-10(20)18-16(27-13(4)23)8-14(25-11(2)21)9-17(18)28-19-15(26-12(3)22)6-5-7-24-19/h8-9,15,19H,5-7H2,1-4H3. The van der Waals surface area contributed by atoms with Gasteiger partial charge >= 0.3 is 17.9 Å². The number of Topliss-reactive ketones (excluding diaryl/α,β-unsaturated/α-hetero) is 1. The molecule has 9 heteroatoms. The van der Waals surface area contributed by atoms with Crippen LogP contribution < -0.4 is 14.2 Å². The van der Waals surface area contributed by atoms with Crippen molar-refractivity contribution >= 4 is 23.7 Å². The molecule has 0 amide bonds. The minimum atomic E-state index is -0.978. The molecular weight excluding hydrogens is 372 g/mol. The fourth-order valence-electron chi connectivity index (χ4n) is 2.76. The van der Waals surface area contributed by atoms with Crippen molar-refractivity contribution in [3.63, 3.8) is 0 Å². The van der Waals surface area contributed by atoms with E-state index in [1.165, 1.54) is 39.8 Å². The van der Waals surface area contributed by atoms with Crippen molar-refractivity contribution < 1.29 is 42.9 Å². The van der Waals surface area contributed by atoms with Crippen LogP contribution >= 0.6 is 0 Å². The molecule has 28 heavy (non-hydrogen) atoms. The second-order valence-corrected chi connectivity index (χ2v) is 6.19. The van der Waals surface area contributed by atoms with Crippen LogP contribution in [0.2, 0.25) is 0 Å². The van der Waals surface area contributed by atoms with Crippen LogP contribution in [0.3, 0.4) is 0 Å². The van der Waals surface area contributed by atoms with Crippen molar-refractivity contribution in [2.75, 3.05) is 6.61 Å². The van der Waals surface area contributed by atoms with Crippen LogP contribution in [0.5, 0.6) is 17.2 Å². The second kappa shape index (κ2) is 9.32. The normalized spacial score (nSPS) is 18.7. The van der Waals surface area contributed by atoms with Crippen LogP contribution in [0.25, 0.3) is 0 Å².